The Morgan fingerprint density at radius 2 is 1.76 bits per heavy atom. The van der Waals surface area contributed by atoms with Gasteiger partial charge in [-0.1, -0.05) is 30.3 Å². The van der Waals surface area contributed by atoms with Crippen LogP contribution < -0.4 is 19.9 Å². The molecule has 1 saturated heterocycles. The molecule has 2 heterocycles. The van der Waals surface area contributed by atoms with Gasteiger partial charge in [0.1, 0.15) is 11.6 Å². The second-order valence-electron chi connectivity index (χ2n) is 8.73. The molecule has 1 fully saturated rings. The second-order valence-corrected chi connectivity index (χ2v) is 8.73. The molecule has 4 rings (SSSR count). The van der Waals surface area contributed by atoms with Gasteiger partial charge in [-0.05, 0) is 48.4 Å². The van der Waals surface area contributed by atoms with Gasteiger partial charge in [0.25, 0.3) is 5.91 Å². The molecule has 2 aromatic carbocycles. The van der Waals surface area contributed by atoms with Gasteiger partial charge >= 0.3 is 0 Å². The fourth-order valence-electron chi connectivity index (χ4n) is 4.03. The van der Waals surface area contributed by atoms with Gasteiger partial charge in [0.2, 0.25) is 0 Å². The Labute approximate surface area is 202 Å². The zero-order chi connectivity index (χ0) is 23.8. The number of rotatable bonds is 8. The molecule has 1 aliphatic rings. The number of para-hydroxylation sites is 1. The molecule has 34 heavy (non-hydrogen) atoms. The third-order valence-corrected chi connectivity index (χ3v) is 5.92. The number of amides is 1. The summed E-state index contributed by atoms with van der Waals surface area (Å²) in [6.45, 7) is 4.89. The first-order chi connectivity index (χ1) is 16.6. The summed E-state index contributed by atoms with van der Waals surface area (Å²) in [5.74, 6) is 1.41. The van der Waals surface area contributed by atoms with Crippen LogP contribution in [0.1, 0.15) is 12.0 Å². The number of nitrogens with one attached hydrogen (secondary N) is 1. The molecular weight excluding hydrogens is 426 g/mol. The molecular formula is C27H33N5O2. The van der Waals surface area contributed by atoms with Crippen LogP contribution in [0.4, 0.5) is 17.2 Å². The predicted octanol–water partition coefficient (Wildman–Crippen LogP) is 3.88. The summed E-state index contributed by atoms with van der Waals surface area (Å²) in [6.07, 6.45) is 2.80. The monoisotopic (exact) mass is 459 g/mol. The van der Waals surface area contributed by atoms with Crippen LogP contribution in [-0.2, 0) is 11.3 Å². The Morgan fingerprint density at radius 3 is 2.47 bits per heavy atom. The van der Waals surface area contributed by atoms with E-state index < -0.39 is 0 Å². The van der Waals surface area contributed by atoms with E-state index in [1.807, 2.05) is 42.5 Å². The smallest absolute Gasteiger partial charge is 0.262 e. The van der Waals surface area contributed by atoms with Crippen molar-refractivity contribution in [3.8, 4) is 5.75 Å². The summed E-state index contributed by atoms with van der Waals surface area (Å²) in [5, 5.41) is 2.84. The number of pyridine rings is 1. The van der Waals surface area contributed by atoms with Gasteiger partial charge < -0.3 is 19.9 Å². The van der Waals surface area contributed by atoms with E-state index in [1.54, 1.807) is 6.20 Å². The van der Waals surface area contributed by atoms with E-state index in [0.717, 1.165) is 45.0 Å². The fraction of sp³-hybridized carbons (Fsp3) is 0.333. The lowest BCUT2D eigenvalue weighted by molar-refractivity contribution is -0.118. The first kappa shape index (κ1) is 23.6. The van der Waals surface area contributed by atoms with Gasteiger partial charge in [-0.15, -0.1) is 0 Å². The Balaban J connectivity index is 1.25. The number of nitrogens with zero attached hydrogens (tertiary/aromatic N) is 4. The molecule has 1 aliphatic heterocycles. The highest BCUT2D eigenvalue weighted by Crippen LogP contribution is 2.19. The van der Waals surface area contributed by atoms with Crippen molar-refractivity contribution >= 4 is 23.1 Å². The van der Waals surface area contributed by atoms with Gasteiger partial charge in [-0.2, -0.15) is 0 Å². The molecule has 0 aliphatic carbocycles. The van der Waals surface area contributed by atoms with Gasteiger partial charge in [-0.3, -0.25) is 9.69 Å². The molecule has 0 unspecified atom stereocenters. The Kier molecular flexibility index (Phi) is 7.99. The predicted molar refractivity (Wildman–Crippen MR) is 138 cm³/mol. The highest BCUT2D eigenvalue weighted by Gasteiger charge is 2.16. The van der Waals surface area contributed by atoms with Crippen molar-refractivity contribution in [2.45, 2.75) is 13.0 Å². The van der Waals surface area contributed by atoms with Crippen LogP contribution in [0.2, 0.25) is 0 Å². The van der Waals surface area contributed by atoms with Gasteiger partial charge in [0, 0.05) is 52.5 Å². The molecule has 3 aromatic rings. The topological polar surface area (TPSA) is 60.9 Å². The summed E-state index contributed by atoms with van der Waals surface area (Å²) in [5.41, 5.74) is 3.23. The number of ether oxygens (including phenoxy) is 1. The third-order valence-electron chi connectivity index (χ3n) is 5.92. The van der Waals surface area contributed by atoms with E-state index in [4.69, 9.17) is 4.74 Å². The summed E-state index contributed by atoms with van der Waals surface area (Å²) in [6, 6.07) is 22.0. The highest BCUT2D eigenvalue weighted by atomic mass is 16.5. The highest BCUT2D eigenvalue weighted by molar-refractivity contribution is 5.91. The van der Waals surface area contributed by atoms with E-state index in [9.17, 15) is 4.79 Å². The van der Waals surface area contributed by atoms with Crippen molar-refractivity contribution in [3.63, 3.8) is 0 Å². The number of aromatic nitrogens is 1. The summed E-state index contributed by atoms with van der Waals surface area (Å²) < 4.78 is 5.49. The summed E-state index contributed by atoms with van der Waals surface area (Å²) in [7, 11) is 4.13. The van der Waals surface area contributed by atoms with E-state index in [2.05, 4.69) is 63.4 Å². The van der Waals surface area contributed by atoms with Crippen LogP contribution in [-0.4, -0.2) is 62.7 Å². The first-order valence-corrected chi connectivity index (χ1v) is 11.7. The van der Waals surface area contributed by atoms with Gasteiger partial charge in [0.05, 0.1) is 11.9 Å². The molecule has 0 saturated carbocycles. The summed E-state index contributed by atoms with van der Waals surface area (Å²) in [4.78, 5) is 23.7. The number of benzene rings is 2. The average Bonchev–Trinajstić information content (AvgIpc) is 3.10. The van der Waals surface area contributed by atoms with Crippen LogP contribution in [0.5, 0.6) is 5.75 Å². The van der Waals surface area contributed by atoms with Crippen molar-refractivity contribution in [2.24, 2.45) is 0 Å². The molecule has 1 N–H and O–H groups in total. The maximum Gasteiger partial charge on any atom is 0.262 e. The van der Waals surface area contributed by atoms with Crippen molar-refractivity contribution in [3.05, 3.63) is 78.5 Å². The maximum absolute atomic E-state index is 12.2. The molecule has 0 spiro atoms. The number of carbonyl (C=O) groups excluding carboxylic acids is 1. The number of hydrogen-bond acceptors (Lipinski definition) is 6. The van der Waals surface area contributed by atoms with E-state index in [0.29, 0.717) is 11.4 Å². The van der Waals surface area contributed by atoms with Crippen LogP contribution in [0.3, 0.4) is 0 Å². The lowest BCUT2D eigenvalue weighted by Crippen LogP contribution is -2.31. The van der Waals surface area contributed by atoms with Crippen molar-refractivity contribution in [1.82, 2.24) is 9.88 Å². The van der Waals surface area contributed by atoms with E-state index in [1.165, 1.54) is 11.3 Å². The lowest BCUT2D eigenvalue weighted by atomic mass is 10.2. The van der Waals surface area contributed by atoms with Gasteiger partial charge in [0.15, 0.2) is 6.61 Å². The SMILES string of the molecule is CN(C)c1ccc(CN2CCCN(c3ccc(NC(=O)COc4ccccc4)cn3)CC2)cc1. The van der Waals surface area contributed by atoms with Crippen molar-refractivity contribution < 1.29 is 9.53 Å². The maximum atomic E-state index is 12.2. The van der Waals surface area contributed by atoms with Gasteiger partial charge in [-0.25, -0.2) is 4.98 Å². The molecule has 0 radical (unpaired) electrons. The van der Waals surface area contributed by atoms with E-state index in [-0.39, 0.29) is 12.5 Å². The fourth-order valence-corrected chi connectivity index (χ4v) is 4.03. The zero-order valence-corrected chi connectivity index (χ0v) is 20.0. The number of anilines is 3. The third kappa shape index (κ3) is 6.71. The molecule has 7 nitrogen and oxygen atoms in total. The van der Waals surface area contributed by atoms with E-state index >= 15 is 0 Å². The van der Waals surface area contributed by atoms with Crippen LogP contribution in [0.25, 0.3) is 0 Å². The first-order valence-electron chi connectivity index (χ1n) is 11.7. The molecule has 1 amide bonds. The Bertz CT molecular complexity index is 1040. The van der Waals surface area contributed by atoms with Crippen molar-refractivity contribution in [2.75, 3.05) is 62.0 Å². The zero-order valence-electron chi connectivity index (χ0n) is 20.0. The van der Waals surface area contributed by atoms with Crippen LogP contribution in [0.15, 0.2) is 72.9 Å². The Hall–Kier alpha value is -3.58. The van der Waals surface area contributed by atoms with Crippen molar-refractivity contribution in [1.29, 1.82) is 0 Å². The molecule has 7 heteroatoms. The minimum Gasteiger partial charge on any atom is -0.484 e. The second kappa shape index (κ2) is 11.5. The Morgan fingerprint density at radius 1 is 0.971 bits per heavy atom. The molecule has 1 aromatic heterocycles. The average molecular weight is 460 g/mol. The standard InChI is InChI=1S/C27H33N5O2/c1-30(2)24-12-9-22(10-13-24)20-31-15-6-16-32(18-17-31)26-14-11-23(19-28-26)29-27(33)21-34-25-7-4-3-5-8-25/h3-5,7-14,19H,6,15-18,20-21H2,1-2H3,(H,29,33). The largest absolute Gasteiger partial charge is 0.484 e. The minimum absolute atomic E-state index is 0.0361. The van der Waals surface area contributed by atoms with Crippen LogP contribution >= 0.6 is 0 Å². The molecule has 0 atom stereocenters. The summed E-state index contributed by atoms with van der Waals surface area (Å²) >= 11 is 0. The quantitative estimate of drug-likeness (QED) is 0.552. The number of carbonyl (C=O) groups is 1. The minimum atomic E-state index is -0.206. The lowest BCUT2D eigenvalue weighted by Gasteiger charge is -2.23. The normalized spacial score (nSPS) is 14.4. The molecule has 178 valence electrons. The number of hydrogen-bond donors (Lipinski definition) is 1. The molecule has 0 bridgehead atoms. The van der Waals surface area contributed by atoms with Crippen LogP contribution in [0, 0.1) is 0 Å².